The number of rotatable bonds is 2. The minimum absolute atomic E-state index is 0.191. The van der Waals surface area contributed by atoms with E-state index in [1.54, 1.807) is 4.90 Å². The molecule has 116 valence electrons. The second kappa shape index (κ2) is 6.31. The molecule has 1 saturated carbocycles. The molecule has 5 heteroatoms. The van der Waals surface area contributed by atoms with Gasteiger partial charge in [0.2, 0.25) is 0 Å². The lowest BCUT2D eigenvalue weighted by Crippen LogP contribution is -2.48. The molecule has 1 aliphatic heterocycles. The first-order valence-corrected chi connectivity index (χ1v) is 7.77. The lowest BCUT2D eigenvalue weighted by Gasteiger charge is -2.33. The molecule has 20 heavy (non-hydrogen) atoms. The van der Waals surface area contributed by atoms with Crippen LogP contribution in [0.5, 0.6) is 0 Å². The average molecular weight is 283 g/mol. The van der Waals surface area contributed by atoms with Crippen molar-refractivity contribution >= 4 is 6.09 Å². The summed E-state index contributed by atoms with van der Waals surface area (Å²) in [6.07, 6.45) is 3.17. The van der Waals surface area contributed by atoms with Crippen LogP contribution < -0.4 is 5.32 Å². The van der Waals surface area contributed by atoms with Gasteiger partial charge in [0, 0.05) is 45.3 Å². The number of amides is 1. The zero-order valence-electron chi connectivity index (χ0n) is 13.3. The summed E-state index contributed by atoms with van der Waals surface area (Å²) >= 11 is 0. The lowest BCUT2D eigenvalue weighted by atomic mass is 10.1. The van der Waals surface area contributed by atoms with Crippen molar-refractivity contribution in [1.82, 2.24) is 15.1 Å². The van der Waals surface area contributed by atoms with Crippen molar-refractivity contribution in [2.75, 3.05) is 33.2 Å². The minimum Gasteiger partial charge on any atom is -0.444 e. The molecule has 2 fully saturated rings. The second-order valence-electron chi connectivity index (χ2n) is 7.00. The molecule has 0 bridgehead atoms. The highest BCUT2D eigenvalue weighted by Crippen LogP contribution is 2.28. The van der Waals surface area contributed by atoms with Crippen LogP contribution in [-0.4, -0.2) is 66.8 Å². The maximum absolute atomic E-state index is 12.1. The molecule has 1 saturated heterocycles. The highest BCUT2D eigenvalue weighted by Gasteiger charge is 2.34. The molecule has 0 spiro atoms. The van der Waals surface area contributed by atoms with Crippen LogP contribution in [0, 0.1) is 0 Å². The number of hydrogen-bond acceptors (Lipinski definition) is 4. The lowest BCUT2D eigenvalue weighted by molar-refractivity contribution is 0.0219. The third-order valence-electron chi connectivity index (χ3n) is 4.27. The van der Waals surface area contributed by atoms with Crippen LogP contribution in [0.4, 0.5) is 4.79 Å². The van der Waals surface area contributed by atoms with E-state index in [1.807, 2.05) is 27.8 Å². The van der Waals surface area contributed by atoms with Crippen LogP contribution in [0.25, 0.3) is 0 Å². The van der Waals surface area contributed by atoms with Gasteiger partial charge in [0.15, 0.2) is 0 Å². The quantitative estimate of drug-likeness (QED) is 0.837. The molecule has 0 aromatic carbocycles. The SMILES string of the molecule is CN(C(=O)OC(C)(C)C)C1CCC(N2CCNCC2)C1. The Balaban J connectivity index is 1.83. The monoisotopic (exact) mass is 283 g/mol. The average Bonchev–Trinajstić information content (AvgIpc) is 2.86. The summed E-state index contributed by atoms with van der Waals surface area (Å²) in [4.78, 5) is 16.5. The predicted molar refractivity (Wildman–Crippen MR) is 79.9 cm³/mol. The van der Waals surface area contributed by atoms with Crippen molar-refractivity contribution in [3.63, 3.8) is 0 Å². The molecule has 2 aliphatic rings. The molecule has 0 aromatic heterocycles. The number of nitrogens with one attached hydrogen (secondary N) is 1. The van der Waals surface area contributed by atoms with Gasteiger partial charge < -0.3 is 15.0 Å². The van der Waals surface area contributed by atoms with Crippen LogP contribution in [0.3, 0.4) is 0 Å². The molecule has 0 radical (unpaired) electrons. The fraction of sp³-hybridized carbons (Fsp3) is 0.933. The Morgan fingerprint density at radius 1 is 1.25 bits per heavy atom. The molecule has 1 heterocycles. The van der Waals surface area contributed by atoms with Gasteiger partial charge in [-0.3, -0.25) is 4.90 Å². The summed E-state index contributed by atoms with van der Waals surface area (Å²) in [6.45, 7) is 10.2. The van der Waals surface area contributed by atoms with Gasteiger partial charge in [-0.1, -0.05) is 0 Å². The first-order chi connectivity index (χ1) is 9.37. The Labute approximate surface area is 122 Å². The molecular weight excluding hydrogens is 254 g/mol. The van der Waals surface area contributed by atoms with Crippen molar-refractivity contribution in [2.24, 2.45) is 0 Å². The summed E-state index contributed by atoms with van der Waals surface area (Å²) in [5, 5.41) is 3.39. The predicted octanol–water partition coefficient (Wildman–Crippen LogP) is 1.68. The molecular formula is C15H29N3O2. The van der Waals surface area contributed by atoms with Gasteiger partial charge in [-0.25, -0.2) is 4.79 Å². The largest absolute Gasteiger partial charge is 0.444 e. The minimum atomic E-state index is -0.415. The van der Waals surface area contributed by atoms with Gasteiger partial charge >= 0.3 is 6.09 Å². The number of hydrogen-bond donors (Lipinski definition) is 1. The molecule has 2 unspecified atom stereocenters. The Bertz CT molecular complexity index is 335. The Kier molecular flexibility index (Phi) is 4.91. The van der Waals surface area contributed by atoms with Crippen LogP contribution >= 0.6 is 0 Å². The Morgan fingerprint density at radius 3 is 2.50 bits per heavy atom. The summed E-state index contributed by atoms with van der Waals surface area (Å²) in [5.41, 5.74) is -0.415. The van der Waals surface area contributed by atoms with Crippen molar-refractivity contribution in [3.05, 3.63) is 0 Å². The van der Waals surface area contributed by atoms with Crippen LogP contribution in [-0.2, 0) is 4.74 Å². The summed E-state index contributed by atoms with van der Waals surface area (Å²) in [7, 11) is 1.87. The highest BCUT2D eigenvalue weighted by atomic mass is 16.6. The van der Waals surface area contributed by atoms with Crippen LogP contribution in [0.15, 0.2) is 0 Å². The van der Waals surface area contributed by atoms with Gasteiger partial charge in [-0.2, -0.15) is 0 Å². The Hall–Kier alpha value is -0.810. The summed E-state index contributed by atoms with van der Waals surface area (Å²) in [5.74, 6) is 0. The van der Waals surface area contributed by atoms with E-state index in [9.17, 15) is 4.79 Å². The molecule has 1 amide bonds. The summed E-state index contributed by atoms with van der Waals surface area (Å²) in [6, 6.07) is 0.955. The van der Waals surface area contributed by atoms with Gasteiger partial charge in [0.25, 0.3) is 0 Å². The van der Waals surface area contributed by atoms with Crippen LogP contribution in [0.1, 0.15) is 40.0 Å². The van der Waals surface area contributed by atoms with Crippen LogP contribution in [0.2, 0.25) is 0 Å². The molecule has 1 N–H and O–H groups in total. The standard InChI is InChI=1S/C15H29N3O2/c1-15(2,3)20-14(19)17(4)12-5-6-13(11-12)18-9-7-16-8-10-18/h12-13,16H,5-11H2,1-4H3. The number of carbonyl (C=O) groups is 1. The Morgan fingerprint density at radius 2 is 1.90 bits per heavy atom. The van der Waals surface area contributed by atoms with E-state index < -0.39 is 5.60 Å². The smallest absolute Gasteiger partial charge is 0.410 e. The first-order valence-electron chi connectivity index (χ1n) is 7.77. The highest BCUT2D eigenvalue weighted by molar-refractivity contribution is 5.68. The fourth-order valence-corrected chi connectivity index (χ4v) is 3.15. The van der Waals surface area contributed by atoms with E-state index in [1.165, 1.54) is 6.42 Å². The van der Waals surface area contributed by atoms with E-state index in [-0.39, 0.29) is 6.09 Å². The van der Waals surface area contributed by atoms with E-state index in [2.05, 4.69) is 10.2 Å². The molecule has 2 rings (SSSR count). The van der Waals surface area contributed by atoms with Gasteiger partial charge in [0.05, 0.1) is 0 Å². The number of ether oxygens (including phenoxy) is 1. The van der Waals surface area contributed by atoms with E-state index >= 15 is 0 Å². The first kappa shape index (κ1) is 15.6. The topological polar surface area (TPSA) is 44.8 Å². The van der Waals surface area contributed by atoms with Gasteiger partial charge in [0.1, 0.15) is 5.60 Å². The normalized spacial score (nSPS) is 28.4. The van der Waals surface area contributed by atoms with Crippen molar-refractivity contribution in [1.29, 1.82) is 0 Å². The van der Waals surface area contributed by atoms with Crippen molar-refractivity contribution in [2.45, 2.75) is 57.7 Å². The van der Waals surface area contributed by atoms with E-state index in [0.717, 1.165) is 39.0 Å². The van der Waals surface area contributed by atoms with E-state index in [4.69, 9.17) is 4.74 Å². The third-order valence-corrected chi connectivity index (χ3v) is 4.27. The molecule has 5 nitrogen and oxygen atoms in total. The molecule has 0 aromatic rings. The van der Waals surface area contributed by atoms with Crippen molar-refractivity contribution < 1.29 is 9.53 Å². The second-order valence-corrected chi connectivity index (χ2v) is 7.00. The maximum Gasteiger partial charge on any atom is 0.410 e. The van der Waals surface area contributed by atoms with Gasteiger partial charge in [-0.05, 0) is 40.0 Å². The number of carbonyl (C=O) groups excluding carboxylic acids is 1. The molecule has 1 aliphatic carbocycles. The zero-order valence-corrected chi connectivity index (χ0v) is 13.3. The summed E-state index contributed by atoms with van der Waals surface area (Å²) < 4.78 is 5.46. The van der Waals surface area contributed by atoms with E-state index in [0.29, 0.717) is 12.1 Å². The zero-order chi connectivity index (χ0) is 14.8. The molecule has 2 atom stereocenters. The van der Waals surface area contributed by atoms with Gasteiger partial charge in [-0.15, -0.1) is 0 Å². The number of piperazine rings is 1. The third kappa shape index (κ3) is 4.09. The number of nitrogens with zero attached hydrogens (tertiary/aromatic N) is 2. The maximum atomic E-state index is 12.1. The fourth-order valence-electron chi connectivity index (χ4n) is 3.15. The van der Waals surface area contributed by atoms with Crippen molar-refractivity contribution in [3.8, 4) is 0 Å².